The van der Waals surface area contributed by atoms with Gasteiger partial charge in [-0.3, -0.25) is 0 Å². The first-order valence-corrected chi connectivity index (χ1v) is 9.31. The topological polar surface area (TPSA) is 98.1 Å². The van der Waals surface area contributed by atoms with Crippen molar-refractivity contribution in [3.8, 4) is 11.6 Å². The number of halogens is 6. The molecule has 2 aromatic rings. The van der Waals surface area contributed by atoms with Gasteiger partial charge in [-0.1, -0.05) is 25.7 Å². The Kier molecular flexibility index (Phi) is 5.74. The number of nitrogen functional groups attached to an aromatic ring is 1. The normalized spacial score (nSPS) is 23.8. The lowest BCUT2D eigenvalue weighted by atomic mass is 9.83. The lowest BCUT2D eigenvalue weighted by Crippen LogP contribution is -2.40. The quantitative estimate of drug-likeness (QED) is 0.566. The molecular formula is C18H20F6N4O2. The van der Waals surface area contributed by atoms with Crippen LogP contribution in [-0.4, -0.2) is 26.5 Å². The van der Waals surface area contributed by atoms with Crippen LogP contribution in [0.3, 0.4) is 0 Å². The van der Waals surface area contributed by atoms with Gasteiger partial charge in [0.1, 0.15) is 5.41 Å². The molecule has 166 valence electrons. The molecule has 1 aliphatic heterocycles. The van der Waals surface area contributed by atoms with E-state index in [0.717, 1.165) is 6.92 Å². The van der Waals surface area contributed by atoms with E-state index < -0.39 is 58.3 Å². The molecule has 0 spiro atoms. The molecule has 1 aliphatic rings. The maximum absolute atomic E-state index is 13.8. The van der Waals surface area contributed by atoms with E-state index in [0.29, 0.717) is 25.3 Å². The summed E-state index contributed by atoms with van der Waals surface area (Å²) in [5.41, 5.74) is 0.439. The highest BCUT2D eigenvalue weighted by molar-refractivity contribution is 5.67. The molecule has 0 saturated carbocycles. The first-order valence-electron chi connectivity index (χ1n) is 9.31. The first kappa shape index (κ1) is 22.3. The van der Waals surface area contributed by atoms with E-state index in [9.17, 15) is 31.4 Å². The van der Waals surface area contributed by atoms with Gasteiger partial charge in [-0.2, -0.15) is 26.3 Å². The Morgan fingerprint density at radius 1 is 1.10 bits per heavy atom. The molecule has 0 aliphatic carbocycles. The van der Waals surface area contributed by atoms with Crippen molar-refractivity contribution in [3.05, 3.63) is 23.2 Å². The number of aliphatic hydroxyl groups is 1. The SMILES string of the molecule is CC1(C(F)(F)F)CCCCCCC(O)c2nc(c(N)cc2C(F)(F)F)-c2nnc1o2. The van der Waals surface area contributed by atoms with Gasteiger partial charge in [0.25, 0.3) is 5.89 Å². The minimum Gasteiger partial charge on any atom is -0.418 e. The average molecular weight is 438 g/mol. The van der Waals surface area contributed by atoms with Gasteiger partial charge in [0, 0.05) is 0 Å². The number of nitrogens with two attached hydrogens (primary N) is 1. The van der Waals surface area contributed by atoms with Crippen LogP contribution in [0.5, 0.6) is 0 Å². The van der Waals surface area contributed by atoms with Gasteiger partial charge in [0.05, 0.1) is 23.0 Å². The largest absolute Gasteiger partial charge is 0.418 e. The number of rotatable bonds is 0. The standard InChI is InChI=1S/C18H20F6N4O2/c1-16(18(22,23)24)7-5-3-2-4-6-11(29)12-9(17(19,20)21)8-10(25)13(26-12)14-27-28-15(16)30-14/h8,11,29H,2-7,25H2,1H3. The van der Waals surface area contributed by atoms with Crippen LogP contribution in [0.2, 0.25) is 0 Å². The highest BCUT2D eigenvalue weighted by atomic mass is 19.4. The van der Waals surface area contributed by atoms with Gasteiger partial charge in [-0.05, 0) is 25.8 Å². The van der Waals surface area contributed by atoms with Gasteiger partial charge < -0.3 is 15.3 Å². The molecule has 0 radical (unpaired) electrons. The number of nitrogens with zero attached hydrogens (tertiary/aromatic N) is 3. The number of fused-ring (bicyclic) bond motifs is 5. The van der Waals surface area contributed by atoms with Crippen LogP contribution in [0.25, 0.3) is 11.6 Å². The minimum atomic E-state index is -4.84. The fraction of sp³-hybridized carbons (Fsp3) is 0.611. The van der Waals surface area contributed by atoms with Crippen LogP contribution < -0.4 is 5.73 Å². The highest BCUT2D eigenvalue weighted by Gasteiger charge is 2.55. The van der Waals surface area contributed by atoms with Crippen LogP contribution in [0.15, 0.2) is 10.5 Å². The van der Waals surface area contributed by atoms with Crippen molar-refractivity contribution in [2.45, 2.75) is 69.3 Å². The number of alkyl halides is 6. The molecule has 2 atom stereocenters. The van der Waals surface area contributed by atoms with E-state index in [2.05, 4.69) is 15.2 Å². The van der Waals surface area contributed by atoms with Crippen molar-refractivity contribution < 1.29 is 35.9 Å². The Morgan fingerprint density at radius 3 is 2.40 bits per heavy atom. The molecule has 3 heterocycles. The van der Waals surface area contributed by atoms with Crippen LogP contribution in [0.1, 0.15) is 68.7 Å². The zero-order chi connectivity index (χ0) is 22.3. The molecule has 6 nitrogen and oxygen atoms in total. The fourth-order valence-corrected chi connectivity index (χ4v) is 3.41. The van der Waals surface area contributed by atoms with Gasteiger partial charge in [0.2, 0.25) is 5.89 Å². The second-order valence-electron chi connectivity index (χ2n) is 7.57. The van der Waals surface area contributed by atoms with Crippen LogP contribution in [0, 0.1) is 0 Å². The summed E-state index contributed by atoms with van der Waals surface area (Å²) >= 11 is 0. The third-order valence-electron chi connectivity index (χ3n) is 5.33. The summed E-state index contributed by atoms with van der Waals surface area (Å²) in [5, 5.41) is 17.4. The third kappa shape index (κ3) is 4.09. The lowest BCUT2D eigenvalue weighted by molar-refractivity contribution is -0.194. The van der Waals surface area contributed by atoms with Crippen molar-refractivity contribution in [2.24, 2.45) is 0 Å². The van der Waals surface area contributed by atoms with Crippen molar-refractivity contribution in [2.75, 3.05) is 5.73 Å². The minimum absolute atomic E-state index is 0.0366. The molecule has 2 unspecified atom stereocenters. The Balaban J connectivity index is 2.19. The van der Waals surface area contributed by atoms with Gasteiger partial charge in [-0.15, -0.1) is 10.2 Å². The highest BCUT2D eigenvalue weighted by Crippen LogP contribution is 2.45. The summed E-state index contributed by atoms with van der Waals surface area (Å²) in [5.74, 6) is -1.26. The number of hydrogen-bond acceptors (Lipinski definition) is 6. The summed E-state index contributed by atoms with van der Waals surface area (Å²) in [7, 11) is 0. The van der Waals surface area contributed by atoms with Crippen molar-refractivity contribution in [3.63, 3.8) is 0 Å². The number of pyridine rings is 1. The van der Waals surface area contributed by atoms with E-state index in [1.165, 1.54) is 0 Å². The number of aliphatic hydroxyl groups excluding tert-OH is 1. The van der Waals surface area contributed by atoms with E-state index in [1.807, 2.05) is 0 Å². The summed E-state index contributed by atoms with van der Waals surface area (Å²) in [6.07, 6.45) is -10.1. The van der Waals surface area contributed by atoms with Crippen LogP contribution in [-0.2, 0) is 11.6 Å². The van der Waals surface area contributed by atoms with Crippen LogP contribution >= 0.6 is 0 Å². The van der Waals surface area contributed by atoms with Gasteiger partial charge in [-0.25, -0.2) is 4.98 Å². The Labute approximate surface area is 167 Å². The van der Waals surface area contributed by atoms with Gasteiger partial charge >= 0.3 is 12.4 Å². The van der Waals surface area contributed by atoms with Crippen molar-refractivity contribution in [1.29, 1.82) is 0 Å². The first-order chi connectivity index (χ1) is 13.8. The van der Waals surface area contributed by atoms with Crippen molar-refractivity contribution in [1.82, 2.24) is 15.2 Å². The number of hydrogen-bond donors (Lipinski definition) is 2. The molecule has 3 rings (SSSR count). The Hall–Kier alpha value is -2.37. The molecule has 2 aromatic heterocycles. The fourth-order valence-electron chi connectivity index (χ4n) is 3.41. The van der Waals surface area contributed by atoms with E-state index in [4.69, 9.17) is 10.2 Å². The second-order valence-corrected chi connectivity index (χ2v) is 7.57. The van der Waals surface area contributed by atoms with Crippen molar-refractivity contribution >= 4 is 5.69 Å². The molecule has 0 saturated heterocycles. The average Bonchev–Trinajstić information content (AvgIpc) is 3.11. The molecule has 4 bridgehead atoms. The maximum Gasteiger partial charge on any atom is 0.418 e. The summed E-state index contributed by atoms with van der Waals surface area (Å²) in [4.78, 5) is 3.79. The smallest absolute Gasteiger partial charge is 0.418 e. The van der Waals surface area contributed by atoms with E-state index in [1.54, 1.807) is 0 Å². The molecule has 12 heteroatoms. The zero-order valence-electron chi connectivity index (χ0n) is 15.9. The maximum atomic E-state index is 13.8. The second kappa shape index (κ2) is 7.71. The third-order valence-corrected chi connectivity index (χ3v) is 5.33. The monoisotopic (exact) mass is 438 g/mol. The molecule has 0 aromatic carbocycles. The van der Waals surface area contributed by atoms with Gasteiger partial charge in [0.15, 0.2) is 5.69 Å². The van der Waals surface area contributed by atoms with Crippen LogP contribution in [0.4, 0.5) is 32.0 Å². The van der Waals surface area contributed by atoms with E-state index >= 15 is 0 Å². The molecule has 3 N–H and O–H groups in total. The summed E-state index contributed by atoms with van der Waals surface area (Å²) in [6, 6.07) is 0.569. The predicted octanol–water partition coefficient (Wildman–Crippen LogP) is 4.94. The number of aromatic nitrogens is 3. The summed E-state index contributed by atoms with van der Waals surface area (Å²) in [6.45, 7) is 0.939. The zero-order valence-corrected chi connectivity index (χ0v) is 15.9. The Morgan fingerprint density at radius 2 is 1.77 bits per heavy atom. The molecule has 0 fully saturated rings. The predicted molar refractivity (Wildman–Crippen MR) is 93.0 cm³/mol. The summed E-state index contributed by atoms with van der Waals surface area (Å²) < 4.78 is 86.8. The molecule has 0 amide bonds. The molecular weight excluding hydrogens is 418 g/mol. The number of anilines is 1. The molecule has 30 heavy (non-hydrogen) atoms. The Bertz CT molecular complexity index is 911. The van der Waals surface area contributed by atoms with E-state index in [-0.39, 0.29) is 19.3 Å². The lowest BCUT2D eigenvalue weighted by Gasteiger charge is -2.28.